The van der Waals surface area contributed by atoms with E-state index in [4.69, 9.17) is 11.6 Å². The maximum atomic E-state index is 13.9. The first-order chi connectivity index (χ1) is 15.8. The summed E-state index contributed by atoms with van der Waals surface area (Å²) in [6.45, 7) is 4.32. The highest BCUT2D eigenvalue weighted by atomic mass is 35.5. The molecular weight excluding hydrogens is 485 g/mol. The van der Waals surface area contributed by atoms with E-state index in [1.807, 2.05) is 0 Å². The van der Waals surface area contributed by atoms with Gasteiger partial charge in [-0.2, -0.15) is 26.3 Å². The molecule has 1 aliphatic carbocycles. The molecule has 2 aromatic carbocycles. The lowest BCUT2D eigenvalue weighted by Crippen LogP contribution is -2.35. The van der Waals surface area contributed by atoms with Crippen LogP contribution in [-0.2, 0) is 18.9 Å². The Morgan fingerprint density at radius 1 is 0.941 bits per heavy atom. The molecule has 0 atom stereocenters. The van der Waals surface area contributed by atoms with Crippen LogP contribution in [0.3, 0.4) is 0 Å². The molecule has 1 fully saturated rings. The molecule has 0 aliphatic heterocycles. The highest BCUT2D eigenvalue weighted by Gasteiger charge is 2.37. The number of rotatable bonds is 7. The van der Waals surface area contributed by atoms with Crippen molar-refractivity contribution in [3.05, 3.63) is 76.1 Å². The third-order valence-electron chi connectivity index (χ3n) is 6.02. The van der Waals surface area contributed by atoms with Crippen molar-refractivity contribution in [1.29, 1.82) is 0 Å². The minimum absolute atomic E-state index is 0.00560. The van der Waals surface area contributed by atoms with Crippen molar-refractivity contribution in [1.82, 2.24) is 10.6 Å². The zero-order valence-electron chi connectivity index (χ0n) is 18.1. The zero-order valence-corrected chi connectivity index (χ0v) is 18.8. The summed E-state index contributed by atoms with van der Waals surface area (Å²) in [5, 5.41) is 6.55. The summed E-state index contributed by atoms with van der Waals surface area (Å²) in [6.07, 6.45) is -6.64. The molecule has 186 valence electrons. The molecule has 1 aliphatic rings. The topological polar surface area (TPSA) is 24.1 Å². The SMILES string of the molecule is C=C(NC[C@H]1CC[C@H](NCc2c(F)cccc2Cl)CC1)c1cc(C(F)(F)F)cc(C(F)(F)F)c1. The third-order valence-corrected chi connectivity index (χ3v) is 6.37. The summed E-state index contributed by atoms with van der Waals surface area (Å²) in [5.74, 6) is -0.195. The van der Waals surface area contributed by atoms with Crippen LogP contribution in [0.5, 0.6) is 0 Å². The maximum absolute atomic E-state index is 13.9. The van der Waals surface area contributed by atoms with Crippen LogP contribution >= 0.6 is 11.6 Å². The van der Waals surface area contributed by atoms with Gasteiger partial charge in [0, 0.05) is 35.4 Å². The lowest BCUT2D eigenvalue weighted by Gasteiger charge is -2.30. The number of hydrogen-bond acceptors (Lipinski definition) is 2. The van der Waals surface area contributed by atoms with Crippen molar-refractivity contribution in [3.8, 4) is 0 Å². The molecule has 1 saturated carbocycles. The van der Waals surface area contributed by atoms with Crippen LogP contribution in [-0.4, -0.2) is 12.6 Å². The van der Waals surface area contributed by atoms with Crippen LogP contribution in [0, 0.1) is 11.7 Å². The predicted octanol–water partition coefficient (Wildman–Crippen LogP) is 7.43. The molecule has 2 nitrogen and oxygen atoms in total. The van der Waals surface area contributed by atoms with E-state index in [1.54, 1.807) is 6.07 Å². The molecule has 0 spiro atoms. The van der Waals surface area contributed by atoms with E-state index < -0.39 is 23.5 Å². The molecule has 0 saturated heterocycles. The van der Waals surface area contributed by atoms with Gasteiger partial charge in [-0.3, -0.25) is 0 Å². The van der Waals surface area contributed by atoms with Gasteiger partial charge in [-0.05, 0) is 67.5 Å². The van der Waals surface area contributed by atoms with Crippen molar-refractivity contribution < 1.29 is 30.7 Å². The van der Waals surface area contributed by atoms with E-state index >= 15 is 0 Å². The molecule has 0 radical (unpaired) electrons. The van der Waals surface area contributed by atoms with Gasteiger partial charge in [0.25, 0.3) is 0 Å². The molecule has 2 aromatic rings. The fourth-order valence-corrected chi connectivity index (χ4v) is 4.25. The normalized spacial score (nSPS) is 19.2. The minimum Gasteiger partial charge on any atom is -0.385 e. The van der Waals surface area contributed by atoms with E-state index in [2.05, 4.69) is 17.2 Å². The van der Waals surface area contributed by atoms with E-state index in [-0.39, 0.29) is 35.1 Å². The Kier molecular flexibility index (Phi) is 8.18. The van der Waals surface area contributed by atoms with Crippen LogP contribution in [0.15, 0.2) is 43.0 Å². The first kappa shape index (κ1) is 26.3. The molecular formula is C24H24ClF7N2. The van der Waals surface area contributed by atoms with E-state index in [1.165, 1.54) is 12.1 Å². The number of alkyl halides is 6. The third kappa shape index (κ3) is 6.88. The lowest BCUT2D eigenvalue weighted by molar-refractivity contribution is -0.143. The minimum atomic E-state index is -4.91. The zero-order chi connectivity index (χ0) is 25.1. The number of nitrogens with one attached hydrogen (secondary N) is 2. The van der Waals surface area contributed by atoms with Crippen LogP contribution < -0.4 is 10.6 Å². The average Bonchev–Trinajstić information content (AvgIpc) is 2.76. The Labute approximate surface area is 198 Å². The summed E-state index contributed by atoms with van der Waals surface area (Å²) < 4.78 is 92.4. The number of benzene rings is 2. The Morgan fingerprint density at radius 3 is 2.06 bits per heavy atom. The molecule has 0 aromatic heterocycles. The fraction of sp³-hybridized carbons (Fsp3) is 0.417. The molecule has 2 N–H and O–H groups in total. The lowest BCUT2D eigenvalue weighted by atomic mass is 9.85. The first-order valence-electron chi connectivity index (χ1n) is 10.7. The van der Waals surface area contributed by atoms with Crippen LogP contribution in [0.2, 0.25) is 5.02 Å². The van der Waals surface area contributed by atoms with Crippen LogP contribution in [0.25, 0.3) is 5.70 Å². The highest BCUT2D eigenvalue weighted by molar-refractivity contribution is 6.31. The summed E-state index contributed by atoms with van der Waals surface area (Å²) in [7, 11) is 0. The Bertz CT molecular complexity index is 957. The molecule has 0 amide bonds. The van der Waals surface area contributed by atoms with Crippen molar-refractivity contribution in [3.63, 3.8) is 0 Å². The molecule has 34 heavy (non-hydrogen) atoms. The van der Waals surface area contributed by atoms with E-state index in [0.29, 0.717) is 35.8 Å². The smallest absolute Gasteiger partial charge is 0.385 e. The quantitative estimate of drug-likeness (QED) is 0.380. The van der Waals surface area contributed by atoms with Gasteiger partial charge in [-0.25, -0.2) is 4.39 Å². The molecule has 3 rings (SSSR count). The van der Waals surface area contributed by atoms with Gasteiger partial charge in [-0.15, -0.1) is 0 Å². The highest BCUT2D eigenvalue weighted by Crippen LogP contribution is 2.37. The van der Waals surface area contributed by atoms with Gasteiger partial charge in [0.15, 0.2) is 0 Å². The summed E-state index contributed by atoms with van der Waals surface area (Å²) in [6, 6.07) is 6.10. The number of hydrogen-bond donors (Lipinski definition) is 2. The van der Waals surface area contributed by atoms with E-state index in [0.717, 1.165) is 25.7 Å². The van der Waals surface area contributed by atoms with Gasteiger partial charge >= 0.3 is 12.4 Å². The predicted molar refractivity (Wildman–Crippen MR) is 117 cm³/mol. The maximum Gasteiger partial charge on any atom is 0.416 e. The molecule has 0 bridgehead atoms. The van der Waals surface area contributed by atoms with Gasteiger partial charge < -0.3 is 10.6 Å². The van der Waals surface area contributed by atoms with Crippen molar-refractivity contribution >= 4 is 17.3 Å². The summed E-state index contributed by atoms with van der Waals surface area (Å²) in [4.78, 5) is 0. The summed E-state index contributed by atoms with van der Waals surface area (Å²) >= 11 is 6.04. The largest absolute Gasteiger partial charge is 0.416 e. The summed E-state index contributed by atoms with van der Waals surface area (Å²) in [5.41, 5.74) is -2.59. The second kappa shape index (κ2) is 10.6. The molecule has 0 heterocycles. The van der Waals surface area contributed by atoms with Crippen LogP contribution in [0.4, 0.5) is 30.7 Å². The monoisotopic (exact) mass is 508 g/mol. The van der Waals surface area contributed by atoms with Gasteiger partial charge in [0.1, 0.15) is 5.82 Å². The first-order valence-corrected chi connectivity index (χ1v) is 11.1. The van der Waals surface area contributed by atoms with Crippen molar-refractivity contribution in [2.75, 3.05) is 6.54 Å². The van der Waals surface area contributed by atoms with Gasteiger partial charge in [0.2, 0.25) is 0 Å². The van der Waals surface area contributed by atoms with Gasteiger partial charge in [-0.1, -0.05) is 24.2 Å². The second-order valence-corrected chi connectivity index (χ2v) is 8.86. The fourth-order valence-electron chi connectivity index (χ4n) is 4.02. The average molecular weight is 509 g/mol. The van der Waals surface area contributed by atoms with Crippen LogP contribution in [0.1, 0.15) is 47.9 Å². The van der Waals surface area contributed by atoms with E-state index in [9.17, 15) is 30.7 Å². The molecule has 0 unspecified atom stereocenters. The number of halogens is 8. The second-order valence-electron chi connectivity index (χ2n) is 8.45. The standard InChI is InChI=1S/C24H24ClF7N2/c1-14(16-9-17(23(27,28)29)11-18(10-16)24(30,31)32)33-12-15-5-7-19(8-6-15)34-13-20-21(25)3-2-4-22(20)26/h2-4,9-11,15,19,33-34H,1,5-8,12-13H2/t15-,19-. The van der Waals surface area contributed by atoms with Gasteiger partial charge in [0.05, 0.1) is 11.1 Å². The molecule has 10 heteroatoms. The Morgan fingerprint density at radius 2 is 1.53 bits per heavy atom. The Hall–Kier alpha value is -2.26. The van der Waals surface area contributed by atoms with Crippen molar-refractivity contribution in [2.24, 2.45) is 5.92 Å². The Balaban J connectivity index is 1.53. The van der Waals surface area contributed by atoms with Crippen molar-refractivity contribution in [2.45, 2.75) is 50.6 Å².